The minimum atomic E-state index is -0.0121. The number of hydrogen-bond acceptors (Lipinski definition) is 1. The van der Waals surface area contributed by atoms with Crippen LogP contribution in [0.2, 0.25) is 10.0 Å². The highest BCUT2D eigenvalue weighted by atomic mass is 127. The van der Waals surface area contributed by atoms with Gasteiger partial charge in [-0.1, -0.05) is 54.2 Å². The molecule has 1 saturated carbocycles. The first kappa shape index (κ1) is 18.0. The summed E-state index contributed by atoms with van der Waals surface area (Å²) in [7, 11) is 0. The van der Waals surface area contributed by atoms with Crippen molar-refractivity contribution in [3.8, 4) is 0 Å². The van der Waals surface area contributed by atoms with E-state index in [1.54, 1.807) is 6.07 Å². The van der Waals surface area contributed by atoms with Crippen molar-refractivity contribution in [3.05, 3.63) is 67.2 Å². The van der Waals surface area contributed by atoms with Crippen LogP contribution in [0, 0.1) is 3.57 Å². The molecule has 2 atom stereocenters. The molecule has 0 bridgehead atoms. The van der Waals surface area contributed by atoms with E-state index in [0.29, 0.717) is 10.0 Å². The first-order valence-electron chi connectivity index (χ1n) is 8.06. The standard InChI is InChI=1S/C19H18Cl2INO/c20-12-9-10-13(16(21)11-12)14-5-2-4-8-18(14)23-19(24)15-6-1-3-7-17(15)22/h1,3,6-7,9-11,14,18H,2,4-5,8H2,(H,23,24)/t14-,18-/m1/s1. The maximum absolute atomic E-state index is 12.7. The zero-order chi connectivity index (χ0) is 17.1. The molecule has 2 aromatic rings. The predicted molar refractivity (Wildman–Crippen MR) is 108 cm³/mol. The predicted octanol–water partition coefficient (Wildman–Crippen LogP) is 6.05. The van der Waals surface area contributed by atoms with Crippen LogP contribution < -0.4 is 5.32 Å². The van der Waals surface area contributed by atoms with Crippen molar-refractivity contribution >= 4 is 51.7 Å². The van der Waals surface area contributed by atoms with E-state index in [-0.39, 0.29) is 17.9 Å². The van der Waals surface area contributed by atoms with Crippen LogP contribution in [0.5, 0.6) is 0 Å². The first-order chi connectivity index (χ1) is 11.6. The van der Waals surface area contributed by atoms with Crippen LogP contribution in [0.15, 0.2) is 42.5 Å². The summed E-state index contributed by atoms with van der Waals surface area (Å²) in [5.41, 5.74) is 1.80. The van der Waals surface area contributed by atoms with Gasteiger partial charge in [0.15, 0.2) is 0 Å². The maximum Gasteiger partial charge on any atom is 0.252 e. The number of halogens is 3. The summed E-state index contributed by atoms with van der Waals surface area (Å²) >= 11 is 14.6. The molecule has 0 saturated heterocycles. The molecule has 1 fully saturated rings. The highest BCUT2D eigenvalue weighted by Crippen LogP contribution is 2.37. The fraction of sp³-hybridized carbons (Fsp3) is 0.316. The third kappa shape index (κ3) is 4.06. The van der Waals surface area contributed by atoms with E-state index in [1.807, 2.05) is 36.4 Å². The number of carbonyl (C=O) groups is 1. The Balaban J connectivity index is 1.82. The topological polar surface area (TPSA) is 29.1 Å². The summed E-state index contributed by atoms with van der Waals surface area (Å²) in [6.45, 7) is 0. The Bertz CT molecular complexity index is 750. The Hall–Kier alpha value is -0.780. The average molecular weight is 474 g/mol. The lowest BCUT2D eigenvalue weighted by Crippen LogP contribution is -2.41. The van der Waals surface area contributed by atoms with Crippen LogP contribution in [0.1, 0.15) is 47.5 Å². The van der Waals surface area contributed by atoms with Crippen LogP contribution in [-0.4, -0.2) is 11.9 Å². The van der Waals surface area contributed by atoms with E-state index in [1.165, 1.54) is 0 Å². The number of hydrogen-bond donors (Lipinski definition) is 1. The molecule has 1 N–H and O–H groups in total. The van der Waals surface area contributed by atoms with Crippen molar-refractivity contribution in [2.24, 2.45) is 0 Å². The minimum Gasteiger partial charge on any atom is -0.349 e. The smallest absolute Gasteiger partial charge is 0.252 e. The quantitative estimate of drug-likeness (QED) is 0.539. The van der Waals surface area contributed by atoms with Crippen LogP contribution in [-0.2, 0) is 0 Å². The van der Waals surface area contributed by atoms with Gasteiger partial charge < -0.3 is 5.32 Å². The van der Waals surface area contributed by atoms with Gasteiger partial charge >= 0.3 is 0 Å². The second-order valence-electron chi connectivity index (χ2n) is 6.12. The van der Waals surface area contributed by atoms with Crippen LogP contribution >= 0.6 is 45.8 Å². The van der Waals surface area contributed by atoms with E-state index in [4.69, 9.17) is 23.2 Å². The van der Waals surface area contributed by atoms with E-state index >= 15 is 0 Å². The van der Waals surface area contributed by atoms with Crippen molar-refractivity contribution in [3.63, 3.8) is 0 Å². The molecule has 0 heterocycles. The van der Waals surface area contributed by atoms with Crippen LogP contribution in [0.4, 0.5) is 0 Å². The van der Waals surface area contributed by atoms with Gasteiger partial charge in [0, 0.05) is 25.6 Å². The summed E-state index contributed by atoms with van der Waals surface area (Å²) in [5, 5.41) is 4.55. The van der Waals surface area contributed by atoms with Gasteiger partial charge in [0.1, 0.15) is 0 Å². The third-order valence-electron chi connectivity index (χ3n) is 4.56. The van der Waals surface area contributed by atoms with Gasteiger partial charge in [-0.05, 0) is 65.3 Å². The van der Waals surface area contributed by atoms with Gasteiger partial charge in [-0.2, -0.15) is 0 Å². The normalized spacial score (nSPS) is 20.6. The van der Waals surface area contributed by atoms with Crippen LogP contribution in [0.25, 0.3) is 0 Å². The molecule has 0 unspecified atom stereocenters. The fourth-order valence-corrected chi connectivity index (χ4v) is 4.55. The summed E-state index contributed by atoms with van der Waals surface area (Å²) in [6.07, 6.45) is 4.27. The second kappa shape index (κ2) is 8.07. The average Bonchev–Trinajstić information content (AvgIpc) is 2.56. The summed E-state index contributed by atoms with van der Waals surface area (Å²) < 4.78 is 0.962. The molecule has 0 radical (unpaired) electrons. The van der Waals surface area contributed by atoms with Gasteiger partial charge in [0.25, 0.3) is 5.91 Å². The molecule has 0 spiro atoms. The van der Waals surface area contributed by atoms with Gasteiger partial charge in [0.2, 0.25) is 0 Å². The highest BCUT2D eigenvalue weighted by molar-refractivity contribution is 14.1. The molecular weight excluding hydrogens is 456 g/mol. The number of amides is 1. The molecule has 5 heteroatoms. The molecule has 2 aromatic carbocycles. The van der Waals surface area contributed by atoms with E-state index in [0.717, 1.165) is 40.4 Å². The number of carbonyl (C=O) groups excluding carboxylic acids is 1. The Morgan fingerprint density at radius 3 is 2.58 bits per heavy atom. The monoisotopic (exact) mass is 473 g/mol. The van der Waals surface area contributed by atoms with Crippen molar-refractivity contribution in [2.45, 2.75) is 37.6 Å². The molecule has 126 valence electrons. The largest absolute Gasteiger partial charge is 0.349 e. The van der Waals surface area contributed by atoms with Gasteiger partial charge in [-0.3, -0.25) is 4.79 Å². The van der Waals surface area contributed by atoms with Gasteiger partial charge in [-0.15, -0.1) is 0 Å². The zero-order valence-corrected chi connectivity index (χ0v) is 16.7. The van der Waals surface area contributed by atoms with Crippen molar-refractivity contribution in [1.29, 1.82) is 0 Å². The summed E-state index contributed by atoms with van der Waals surface area (Å²) in [5.74, 6) is 0.218. The Morgan fingerprint density at radius 2 is 1.83 bits per heavy atom. The van der Waals surface area contributed by atoms with E-state index in [9.17, 15) is 4.79 Å². The molecular formula is C19H18Cl2INO. The van der Waals surface area contributed by atoms with Gasteiger partial charge in [-0.25, -0.2) is 0 Å². The number of rotatable bonds is 3. The number of benzene rings is 2. The zero-order valence-electron chi connectivity index (χ0n) is 13.1. The summed E-state index contributed by atoms with van der Waals surface area (Å²) in [6, 6.07) is 13.4. The van der Waals surface area contributed by atoms with E-state index < -0.39 is 0 Å². The third-order valence-corrected chi connectivity index (χ3v) is 6.07. The van der Waals surface area contributed by atoms with E-state index in [2.05, 4.69) is 27.9 Å². The second-order valence-corrected chi connectivity index (χ2v) is 8.12. The van der Waals surface area contributed by atoms with Crippen molar-refractivity contribution in [1.82, 2.24) is 5.32 Å². The Morgan fingerprint density at radius 1 is 1.08 bits per heavy atom. The Labute approximate surface area is 166 Å². The highest BCUT2D eigenvalue weighted by Gasteiger charge is 2.29. The first-order valence-corrected chi connectivity index (χ1v) is 9.90. The maximum atomic E-state index is 12.7. The lowest BCUT2D eigenvalue weighted by molar-refractivity contribution is 0.0920. The molecule has 1 aliphatic rings. The fourth-order valence-electron chi connectivity index (χ4n) is 3.37. The van der Waals surface area contributed by atoms with Crippen molar-refractivity contribution in [2.75, 3.05) is 0 Å². The molecule has 2 nitrogen and oxygen atoms in total. The molecule has 3 rings (SSSR count). The van der Waals surface area contributed by atoms with Crippen molar-refractivity contribution < 1.29 is 4.79 Å². The molecule has 1 amide bonds. The molecule has 1 aliphatic carbocycles. The lowest BCUT2D eigenvalue weighted by Gasteiger charge is -2.33. The minimum absolute atomic E-state index is 0.0121. The Kier molecular flexibility index (Phi) is 6.06. The molecule has 0 aromatic heterocycles. The lowest BCUT2D eigenvalue weighted by atomic mass is 9.80. The SMILES string of the molecule is O=C(N[C@@H]1CCCC[C@@H]1c1ccc(Cl)cc1Cl)c1ccccc1I. The molecule has 24 heavy (non-hydrogen) atoms. The van der Waals surface area contributed by atoms with Gasteiger partial charge in [0.05, 0.1) is 5.56 Å². The number of nitrogens with one attached hydrogen (secondary N) is 1. The van der Waals surface area contributed by atoms with Crippen LogP contribution in [0.3, 0.4) is 0 Å². The summed E-state index contributed by atoms with van der Waals surface area (Å²) in [4.78, 5) is 12.7. The molecule has 0 aliphatic heterocycles.